The van der Waals surface area contributed by atoms with Crippen LogP contribution >= 0.6 is 0 Å². The standard InChI is InChI=1S/C66H104N14O25/c1-27(2)21-39(72-59(97)42(24-46(85)86)71-53(91)32(11)67)57(95)70-38(19-20-45(83)84)56(94)77-51(31(9)10)64(102)79-49(29(5)6)62(100)69-33(12)54(92)68-34(13)55(93)80-52(35(14)81)65(103)75-41(23-36-15-17-37(82)18-16-36)61(99)78-50(30(7)8)63(101)74-40(22-28(3)4)58(96)73-43(25-47(87)88)60(98)76-44(66(104)105)26-48(89)90/h15-18,27-35,38-44,49-52,81-82H,19-26,67H2,1-14H3,(H,68,92)(H,69,100)(H,70,95)(H,71,91)(H,72,97)(H,73,96)(H,74,101)(H,75,103)(H,76,98)(H,77,94)(H,78,99)(H,79,102)(H,80,93)(H,83,84)(H,85,86)(H,87,88)(H,89,90)(H,104,105)/t32-,33-,34-,35+,38-,39-,40-,41-,42-,43-,44-,49-,50-,51-,52-/m0/s1. The molecule has 1 aromatic carbocycles. The van der Waals surface area contributed by atoms with Crippen LogP contribution in [-0.2, 0) is 92.7 Å². The average molecular weight is 1490 g/mol. The van der Waals surface area contributed by atoms with E-state index in [1.54, 1.807) is 27.7 Å². The van der Waals surface area contributed by atoms with Gasteiger partial charge in [0.25, 0.3) is 0 Å². The van der Waals surface area contributed by atoms with Crippen molar-refractivity contribution in [2.45, 2.75) is 239 Å². The number of aliphatic hydroxyl groups is 1. The Labute approximate surface area is 605 Å². The van der Waals surface area contributed by atoms with Crippen molar-refractivity contribution in [3.8, 4) is 5.75 Å². The number of nitrogens with two attached hydrogens (primary N) is 1. The number of carbonyl (C=O) groups excluding carboxylic acids is 13. The predicted octanol–water partition coefficient (Wildman–Crippen LogP) is -4.56. The van der Waals surface area contributed by atoms with E-state index in [0.29, 0.717) is 5.56 Å². The minimum Gasteiger partial charge on any atom is -0.508 e. The van der Waals surface area contributed by atoms with E-state index in [-0.39, 0.29) is 36.8 Å². The number of phenols is 1. The van der Waals surface area contributed by atoms with E-state index in [2.05, 4.69) is 63.8 Å². The van der Waals surface area contributed by atoms with Crippen molar-refractivity contribution in [3.05, 3.63) is 29.8 Å². The van der Waals surface area contributed by atoms with Gasteiger partial charge in [-0.25, -0.2) is 4.79 Å². The zero-order chi connectivity index (χ0) is 80.8. The molecule has 39 heteroatoms. The number of carbonyl (C=O) groups is 18. The summed E-state index contributed by atoms with van der Waals surface area (Å²) in [6, 6.07) is -17.3. The third-order valence-electron chi connectivity index (χ3n) is 15.7. The van der Waals surface area contributed by atoms with Crippen LogP contribution in [0.1, 0.15) is 147 Å². The van der Waals surface area contributed by atoms with Gasteiger partial charge in [-0.2, -0.15) is 0 Å². The Balaban J connectivity index is 3.43. The summed E-state index contributed by atoms with van der Waals surface area (Å²) < 4.78 is 0. The molecule has 0 saturated heterocycles. The third-order valence-corrected chi connectivity index (χ3v) is 15.7. The first-order chi connectivity index (χ1) is 48.6. The predicted molar refractivity (Wildman–Crippen MR) is 368 cm³/mol. The van der Waals surface area contributed by atoms with E-state index in [9.17, 15) is 117 Å². The van der Waals surface area contributed by atoms with Gasteiger partial charge in [-0.05, 0) is 94.2 Å². The molecular weight excluding hydrogens is 1390 g/mol. The minimum atomic E-state index is -2.03. The van der Waals surface area contributed by atoms with Crippen LogP contribution in [0.25, 0.3) is 0 Å². The molecule has 0 bridgehead atoms. The van der Waals surface area contributed by atoms with E-state index < -0.39 is 247 Å². The van der Waals surface area contributed by atoms with E-state index >= 15 is 0 Å². The summed E-state index contributed by atoms with van der Waals surface area (Å²) in [6.45, 7) is 20.4. The SMILES string of the molecule is CC(C)C[C@H](NC(=O)[C@H](CC(=O)O)NC(=O)[C@H](C)N)C(=O)N[C@@H](CCC(=O)O)C(=O)N[C@H](C(=O)N[C@H](C(=O)N[C@@H](C)C(=O)N[C@@H](C)C(=O)N[C@H](C(=O)N[C@@H](Cc1ccc(O)cc1)C(=O)N[C@H](C(=O)N[C@@H](CC(C)C)C(=O)N[C@@H](CC(=O)O)C(=O)N[C@@H](CC(=O)O)C(=O)O)C(C)C)[C@@H](C)O)C(C)C)C(C)C. The van der Waals surface area contributed by atoms with Crippen LogP contribution in [0.2, 0.25) is 0 Å². The molecule has 22 N–H and O–H groups in total. The number of amides is 13. The summed E-state index contributed by atoms with van der Waals surface area (Å²) in [4.78, 5) is 237. The molecule has 13 amide bonds. The largest absolute Gasteiger partial charge is 0.508 e. The summed E-state index contributed by atoms with van der Waals surface area (Å²) >= 11 is 0. The fourth-order valence-electron chi connectivity index (χ4n) is 9.89. The maximum absolute atomic E-state index is 14.4. The molecule has 0 aliphatic heterocycles. The van der Waals surface area contributed by atoms with Gasteiger partial charge in [-0.15, -0.1) is 0 Å². The van der Waals surface area contributed by atoms with Gasteiger partial charge in [0.1, 0.15) is 84.3 Å². The summed E-state index contributed by atoms with van der Waals surface area (Å²) in [5, 5.41) is 98.6. The molecule has 1 aromatic rings. The number of rotatable bonds is 46. The second kappa shape index (κ2) is 44.1. The van der Waals surface area contributed by atoms with Gasteiger partial charge >= 0.3 is 29.8 Å². The Bertz CT molecular complexity index is 3270. The fourth-order valence-corrected chi connectivity index (χ4v) is 9.89. The van der Waals surface area contributed by atoms with Crippen LogP contribution < -0.4 is 74.9 Å². The normalized spacial score (nSPS) is 15.6. The molecule has 0 unspecified atom stereocenters. The quantitative estimate of drug-likeness (QED) is 0.0292. The molecule has 0 aliphatic carbocycles. The van der Waals surface area contributed by atoms with Crippen LogP contribution in [-0.4, -0.2) is 233 Å². The first kappa shape index (κ1) is 92.4. The summed E-state index contributed by atoms with van der Waals surface area (Å²) in [7, 11) is 0. The lowest BCUT2D eigenvalue weighted by molar-refractivity contribution is -0.148. The van der Waals surface area contributed by atoms with Crippen molar-refractivity contribution in [2.75, 3.05) is 0 Å². The van der Waals surface area contributed by atoms with Crippen molar-refractivity contribution < 1.29 is 122 Å². The molecule has 0 spiro atoms. The Morgan fingerprint density at radius 3 is 1.02 bits per heavy atom. The highest BCUT2D eigenvalue weighted by Gasteiger charge is 2.40. The molecule has 588 valence electrons. The topological polar surface area (TPSA) is 631 Å². The van der Waals surface area contributed by atoms with Crippen molar-refractivity contribution in [1.29, 1.82) is 0 Å². The highest BCUT2D eigenvalue weighted by molar-refractivity contribution is 6.01. The van der Waals surface area contributed by atoms with Gasteiger partial charge in [-0.3, -0.25) is 81.5 Å². The number of phenolic OH excluding ortho intramolecular Hbond substituents is 1. The molecule has 0 heterocycles. The van der Waals surface area contributed by atoms with Crippen LogP contribution in [0.5, 0.6) is 5.75 Å². The second-order valence-corrected chi connectivity index (χ2v) is 27.3. The number of aliphatic carboxylic acids is 5. The number of carboxylic acid groups (broad SMARTS) is 5. The van der Waals surface area contributed by atoms with Crippen LogP contribution in [0.15, 0.2) is 24.3 Å². The lowest BCUT2D eigenvalue weighted by Crippen LogP contribution is -2.62. The summed E-state index contributed by atoms with van der Waals surface area (Å²) in [6.07, 6.45) is -6.75. The molecule has 0 aromatic heterocycles. The molecule has 0 saturated carbocycles. The van der Waals surface area contributed by atoms with Gasteiger partial charge in [-0.1, -0.05) is 81.4 Å². The highest BCUT2D eigenvalue weighted by Crippen LogP contribution is 2.16. The first-order valence-electron chi connectivity index (χ1n) is 33.8. The minimum absolute atomic E-state index is 0.105. The van der Waals surface area contributed by atoms with Gasteiger partial charge in [0.15, 0.2) is 0 Å². The van der Waals surface area contributed by atoms with Crippen LogP contribution in [0.3, 0.4) is 0 Å². The maximum atomic E-state index is 14.4. The molecule has 0 fully saturated rings. The van der Waals surface area contributed by atoms with Crippen molar-refractivity contribution in [3.63, 3.8) is 0 Å². The molecule has 105 heavy (non-hydrogen) atoms. The Morgan fingerprint density at radius 2 is 0.629 bits per heavy atom. The molecule has 1 rings (SSSR count). The molecule has 0 aliphatic rings. The number of aliphatic hydroxyl groups excluding tert-OH is 1. The van der Waals surface area contributed by atoms with Gasteiger partial charge < -0.3 is 111 Å². The first-order valence-corrected chi connectivity index (χ1v) is 33.8. The molecule has 15 atom stereocenters. The van der Waals surface area contributed by atoms with Crippen LogP contribution in [0, 0.1) is 29.6 Å². The average Bonchev–Trinajstić information content (AvgIpc) is 0.850. The number of aromatic hydroxyl groups is 1. The Morgan fingerprint density at radius 1 is 0.333 bits per heavy atom. The summed E-state index contributed by atoms with van der Waals surface area (Å²) in [5.74, 6) is -25.0. The molecule has 39 nitrogen and oxygen atoms in total. The van der Waals surface area contributed by atoms with Gasteiger partial charge in [0, 0.05) is 12.8 Å². The van der Waals surface area contributed by atoms with E-state index in [0.717, 1.165) is 6.92 Å². The maximum Gasteiger partial charge on any atom is 0.326 e. The zero-order valence-electron chi connectivity index (χ0n) is 61.1. The van der Waals surface area contributed by atoms with Crippen molar-refractivity contribution in [2.24, 2.45) is 35.3 Å². The third kappa shape index (κ3) is 33.6. The van der Waals surface area contributed by atoms with E-state index in [1.165, 1.54) is 86.6 Å². The van der Waals surface area contributed by atoms with Crippen LogP contribution in [0.4, 0.5) is 0 Å². The fraction of sp³-hybridized carbons (Fsp3) is 0.636. The Hall–Kier alpha value is -10.6. The number of hydrogen-bond acceptors (Lipinski definition) is 21. The van der Waals surface area contributed by atoms with Crippen molar-refractivity contribution >= 4 is 107 Å². The summed E-state index contributed by atoms with van der Waals surface area (Å²) in [5.41, 5.74) is 5.90. The monoisotopic (exact) mass is 1490 g/mol. The number of benzene rings is 1. The van der Waals surface area contributed by atoms with Gasteiger partial charge in [0.2, 0.25) is 76.8 Å². The second-order valence-electron chi connectivity index (χ2n) is 27.3. The van der Waals surface area contributed by atoms with Crippen molar-refractivity contribution in [1.82, 2.24) is 69.1 Å². The van der Waals surface area contributed by atoms with E-state index in [4.69, 9.17) is 10.8 Å². The lowest BCUT2D eigenvalue weighted by atomic mass is 9.98. The zero-order valence-corrected chi connectivity index (χ0v) is 61.1. The smallest absolute Gasteiger partial charge is 0.326 e. The number of carboxylic acids is 5. The van der Waals surface area contributed by atoms with E-state index in [1.807, 2.05) is 5.32 Å². The lowest BCUT2D eigenvalue weighted by Gasteiger charge is -2.30. The highest BCUT2D eigenvalue weighted by atomic mass is 16.4. The Kier molecular flexibility index (Phi) is 38.9. The molecular formula is C66H104N14O25. The number of nitrogens with one attached hydrogen (secondary N) is 13. The number of hydrogen-bond donors (Lipinski definition) is 21. The van der Waals surface area contributed by atoms with Gasteiger partial charge in [0.05, 0.1) is 31.4 Å². The molecule has 0 radical (unpaired) electrons.